The molecular weight excluding hydrogens is 324 g/mol. The van der Waals surface area contributed by atoms with Gasteiger partial charge in [-0.05, 0) is 42.7 Å². The lowest BCUT2D eigenvalue weighted by Crippen LogP contribution is -2.39. The van der Waals surface area contributed by atoms with Crippen LogP contribution in [0.1, 0.15) is 18.4 Å². The quantitative estimate of drug-likeness (QED) is 0.864. The first-order valence-electron chi connectivity index (χ1n) is 8.18. The number of amides is 2. The summed E-state index contributed by atoms with van der Waals surface area (Å²) in [4.78, 5) is 14.5. The van der Waals surface area contributed by atoms with Crippen LogP contribution in [0.5, 0.6) is 0 Å². The molecule has 0 radical (unpaired) electrons. The van der Waals surface area contributed by atoms with Crippen molar-refractivity contribution in [3.8, 4) is 0 Å². The van der Waals surface area contributed by atoms with E-state index >= 15 is 0 Å². The van der Waals surface area contributed by atoms with Crippen molar-refractivity contribution in [1.82, 2.24) is 4.90 Å². The monoisotopic (exact) mass is 344 g/mol. The first-order chi connectivity index (χ1) is 11.7. The van der Waals surface area contributed by atoms with Crippen LogP contribution in [0.25, 0.3) is 0 Å². The zero-order chi connectivity index (χ0) is 16.8. The SMILES string of the molecule is O=C(Nc1ccc(Cl)cc1)N(Cc1ccccc1)CC1CCCO1. The molecule has 0 spiro atoms. The van der Waals surface area contributed by atoms with Crippen molar-refractivity contribution >= 4 is 23.3 Å². The van der Waals surface area contributed by atoms with Gasteiger partial charge in [0.15, 0.2) is 0 Å². The van der Waals surface area contributed by atoms with E-state index in [-0.39, 0.29) is 12.1 Å². The number of rotatable bonds is 5. The first-order valence-corrected chi connectivity index (χ1v) is 8.55. The Kier molecular flexibility index (Phi) is 5.72. The van der Waals surface area contributed by atoms with Gasteiger partial charge < -0.3 is 15.0 Å². The summed E-state index contributed by atoms with van der Waals surface area (Å²) in [5, 5.41) is 3.58. The highest BCUT2D eigenvalue weighted by atomic mass is 35.5. The molecule has 2 aromatic carbocycles. The molecule has 2 aromatic rings. The van der Waals surface area contributed by atoms with Gasteiger partial charge in [-0.2, -0.15) is 0 Å². The third-order valence-corrected chi connectivity index (χ3v) is 4.30. The number of nitrogens with zero attached hydrogens (tertiary/aromatic N) is 1. The van der Waals surface area contributed by atoms with Crippen LogP contribution >= 0.6 is 11.6 Å². The highest BCUT2D eigenvalue weighted by Crippen LogP contribution is 2.18. The van der Waals surface area contributed by atoms with Crippen LogP contribution in [0.4, 0.5) is 10.5 Å². The van der Waals surface area contributed by atoms with E-state index in [1.54, 1.807) is 29.2 Å². The van der Waals surface area contributed by atoms with Crippen molar-refractivity contribution in [2.45, 2.75) is 25.5 Å². The maximum Gasteiger partial charge on any atom is 0.322 e. The molecule has 0 saturated carbocycles. The lowest BCUT2D eigenvalue weighted by Gasteiger charge is -2.26. The van der Waals surface area contributed by atoms with E-state index in [2.05, 4.69) is 5.32 Å². The van der Waals surface area contributed by atoms with Gasteiger partial charge in [-0.15, -0.1) is 0 Å². The van der Waals surface area contributed by atoms with Gasteiger partial charge >= 0.3 is 6.03 Å². The topological polar surface area (TPSA) is 41.6 Å². The Morgan fingerprint density at radius 2 is 1.92 bits per heavy atom. The second kappa shape index (κ2) is 8.18. The molecule has 0 bridgehead atoms. The van der Waals surface area contributed by atoms with Gasteiger partial charge in [0.25, 0.3) is 0 Å². The fourth-order valence-electron chi connectivity index (χ4n) is 2.79. The Labute approximate surface area is 147 Å². The Morgan fingerprint density at radius 3 is 2.58 bits per heavy atom. The van der Waals surface area contributed by atoms with E-state index in [1.807, 2.05) is 30.3 Å². The van der Waals surface area contributed by atoms with Crippen LogP contribution in [-0.4, -0.2) is 30.2 Å². The molecule has 0 aromatic heterocycles. The molecule has 1 unspecified atom stereocenters. The van der Waals surface area contributed by atoms with E-state index < -0.39 is 0 Å². The summed E-state index contributed by atoms with van der Waals surface area (Å²) in [7, 11) is 0. The molecular formula is C19H21ClN2O2. The molecule has 2 amide bonds. The van der Waals surface area contributed by atoms with E-state index in [1.165, 1.54) is 0 Å². The summed E-state index contributed by atoms with van der Waals surface area (Å²) in [5.74, 6) is 0. The molecule has 1 aliphatic heterocycles. The molecule has 3 rings (SSSR count). The van der Waals surface area contributed by atoms with Gasteiger partial charge in [0.05, 0.1) is 6.10 Å². The third kappa shape index (κ3) is 4.73. The van der Waals surface area contributed by atoms with Crippen molar-refractivity contribution in [2.75, 3.05) is 18.5 Å². The predicted octanol–water partition coefficient (Wildman–Crippen LogP) is 4.55. The van der Waals surface area contributed by atoms with E-state index in [9.17, 15) is 4.79 Å². The summed E-state index contributed by atoms with van der Waals surface area (Å²) in [5.41, 5.74) is 1.83. The second-order valence-corrected chi connectivity index (χ2v) is 6.37. The number of hydrogen-bond donors (Lipinski definition) is 1. The van der Waals surface area contributed by atoms with Crippen LogP contribution in [-0.2, 0) is 11.3 Å². The largest absolute Gasteiger partial charge is 0.376 e. The smallest absolute Gasteiger partial charge is 0.322 e. The number of urea groups is 1. The van der Waals surface area contributed by atoms with Crippen molar-refractivity contribution in [1.29, 1.82) is 0 Å². The number of ether oxygens (including phenoxy) is 1. The number of benzene rings is 2. The Morgan fingerprint density at radius 1 is 1.17 bits per heavy atom. The zero-order valence-corrected chi connectivity index (χ0v) is 14.2. The fraction of sp³-hybridized carbons (Fsp3) is 0.316. The molecule has 1 aliphatic rings. The minimum atomic E-state index is -0.128. The molecule has 126 valence electrons. The highest BCUT2D eigenvalue weighted by molar-refractivity contribution is 6.30. The van der Waals surface area contributed by atoms with E-state index in [4.69, 9.17) is 16.3 Å². The number of halogens is 1. The normalized spacial score (nSPS) is 16.8. The maximum atomic E-state index is 12.7. The van der Waals surface area contributed by atoms with Gasteiger partial charge in [0, 0.05) is 30.4 Å². The number of carbonyl (C=O) groups excluding carboxylic acids is 1. The molecule has 5 heteroatoms. The number of hydrogen-bond acceptors (Lipinski definition) is 2. The van der Waals surface area contributed by atoms with Crippen LogP contribution in [0.3, 0.4) is 0 Å². The van der Waals surface area contributed by atoms with E-state index in [0.29, 0.717) is 18.1 Å². The number of nitrogens with one attached hydrogen (secondary N) is 1. The van der Waals surface area contributed by atoms with Crippen LogP contribution in [0.2, 0.25) is 5.02 Å². The summed E-state index contributed by atoms with van der Waals surface area (Å²) >= 11 is 5.89. The Hall–Kier alpha value is -2.04. The molecule has 1 fully saturated rings. The fourth-order valence-corrected chi connectivity index (χ4v) is 2.92. The maximum absolute atomic E-state index is 12.7. The van der Waals surface area contributed by atoms with Crippen molar-refractivity contribution in [2.24, 2.45) is 0 Å². The average Bonchev–Trinajstić information content (AvgIpc) is 3.10. The van der Waals surface area contributed by atoms with Crippen molar-refractivity contribution < 1.29 is 9.53 Å². The van der Waals surface area contributed by atoms with Crippen molar-refractivity contribution in [3.63, 3.8) is 0 Å². The third-order valence-electron chi connectivity index (χ3n) is 4.05. The molecule has 4 nitrogen and oxygen atoms in total. The molecule has 1 N–H and O–H groups in total. The number of anilines is 1. The average molecular weight is 345 g/mol. The first kappa shape index (κ1) is 16.8. The highest BCUT2D eigenvalue weighted by Gasteiger charge is 2.22. The molecule has 1 atom stereocenters. The van der Waals surface area contributed by atoms with Crippen molar-refractivity contribution in [3.05, 3.63) is 65.2 Å². The Bertz CT molecular complexity index is 655. The standard InChI is InChI=1S/C19H21ClN2O2/c20-16-8-10-17(11-9-16)21-19(23)22(14-18-7-4-12-24-18)13-15-5-2-1-3-6-15/h1-3,5-6,8-11,18H,4,7,12-14H2,(H,21,23). The lowest BCUT2D eigenvalue weighted by atomic mass is 10.2. The van der Waals surface area contributed by atoms with Crippen LogP contribution in [0.15, 0.2) is 54.6 Å². The Balaban J connectivity index is 1.69. The molecule has 0 aliphatic carbocycles. The summed E-state index contributed by atoms with van der Waals surface area (Å²) < 4.78 is 5.70. The molecule has 1 saturated heterocycles. The minimum Gasteiger partial charge on any atom is -0.376 e. The van der Waals surface area contributed by atoms with Crippen LogP contribution < -0.4 is 5.32 Å². The van der Waals surface area contributed by atoms with Gasteiger partial charge in [0.1, 0.15) is 0 Å². The van der Waals surface area contributed by atoms with Gasteiger partial charge in [-0.25, -0.2) is 4.79 Å². The second-order valence-electron chi connectivity index (χ2n) is 5.94. The summed E-state index contributed by atoms with van der Waals surface area (Å²) in [6, 6.07) is 17.0. The summed E-state index contributed by atoms with van der Waals surface area (Å²) in [6.45, 7) is 1.93. The summed E-state index contributed by atoms with van der Waals surface area (Å²) in [6.07, 6.45) is 2.17. The zero-order valence-electron chi connectivity index (χ0n) is 13.5. The van der Waals surface area contributed by atoms with Crippen LogP contribution in [0, 0.1) is 0 Å². The van der Waals surface area contributed by atoms with E-state index in [0.717, 1.165) is 30.7 Å². The van der Waals surface area contributed by atoms with Gasteiger partial charge in [-0.3, -0.25) is 0 Å². The number of carbonyl (C=O) groups is 1. The predicted molar refractivity (Wildman–Crippen MR) is 96.3 cm³/mol. The molecule has 1 heterocycles. The lowest BCUT2D eigenvalue weighted by molar-refractivity contribution is 0.0819. The minimum absolute atomic E-state index is 0.115. The molecule has 24 heavy (non-hydrogen) atoms. The van der Waals surface area contributed by atoms with Gasteiger partial charge in [0.2, 0.25) is 0 Å². The van der Waals surface area contributed by atoms with Gasteiger partial charge in [-0.1, -0.05) is 41.9 Å².